The quantitative estimate of drug-likeness (QED) is 0.600. The molecule has 0 spiro atoms. The van der Waals surface area contributed by atoms with E-state index in [2.05, 4.69) is 34.1 Å². The number of nitriles is 1. The van der Waals surface area contributed by atoms with Crippen LogP contribution >= 0.6 is 15.9 Å². The lowest BCUT2D eigenvalue weighted by Gasteiger charge is -2.10. The van der Waals surface area contributed by atoms with Crippen LogP contribution in [-0.4, -0.2) is 13.2 Å². The Bertz CT molecular complexity index is 871. The number of fused-ring (bicyclic) bond motifs is 1. The van der Waals surface area contributed by atoms with Gasteiger partial charge in [0.2, 0.25) is 0 Å². The van der Waals surface area contributed by atoms with Crippen LogP contribution in [0.1, 0.15) is 5.56 Å². The van der Waals surface area contributed by atoms with Gasteiger partial charge in [0.25, 0.3) is 0 Å². The molecule has 4 heteroatoms. The Morgan fingerprint density at radius 2 is 1.65 bits per heavy atom. The van der Waals surface area contributed by atoms with E-state index in [0.717, 1.165) is 15.6 Å². The van der Waals surface area contributed by atoms with Crippen molar-refractivity contribution in [3.63, 3.8) is 0 Å². The van der Waals surface area contributed by atoms with Crippen LogP contribution in [0.2, 0.25) is 0 Å². The summed E-state index contributed by atoms with van der Waals surface area (Å²) in [6, 6.07) is 21.6. The van der Waals surface area contributed by atoms with Crippen LogP contribution in [-0.2, 0) is 0 Å². The molecule has 3 nitrogen and oxygen atoms in total. The Morgan fingerprint density at radius 3 is 2.48 bits per heavy atom. The molecular formula is C19H14BrNO2. The zero-order chi connectivity index (χ0) is 16.1. The second-order valence-corrected chi connectivity index (χ2v) is 5.87. The van der Waals surface area contributed by atoms with Crippen LogP contribution in [0, 0.1) is 11.3 Å². The summed E-state index contributed by atoms with van der Waals surface area (Å²) in [5, 5.41) is 11.4. The summed E-state index contributed by atoms with van der Waals surface area (Å²) in [4.78, 5) is 0. The summed E-state index contributed by atoms with van der Waals surface area (Å²) in [6.07, 6.45) is 0. The van der Waals surface area contributed by atoms with Crippen LogP contribution in [0.25, 0.3) is 10.8 Å². The van der Waals surface area contributed by atoms with Gasteiger partial charge in [0.15, 0.2) is 0 Å². The Balaban J connectivity index is 1.58. The Hall–Kier alpha value is -2.51. The smallest absolute Gasteiger partial charge is 0.137 e. The summed E-state index contributed by atoms with van der Waals surface area (Å²) >= 11 is 3.34. The highest BCUT2D eigenvalue weighted by atomic mass is 79.9. The standard InChI is InChI=1S/C19H14BrNO2/c20-17-6-8-19(16(11-17)13-21)23-10-9-22-18-7-5-14-3-1-2-4-15(14)12-18/h1-8,11-12H,9-10H2. The average molecular weight is 368 g/mol. The molecule has 0 amide bonds. The third-order valence-corrected chi connectivity index (χ3v) is 3.89. The fourth-order valence-electron chi connectivity index (χ4n) is 2.28. The highest BCUT2D eigenvalue weighted by molar-refractivity contribution is 9.10. The molecule has 114 valence electrons. The molecule has 3 rings (SSSR count). The van der Waals surface area contributed by atoms with E-state index >= 15 is 0 Å². The molecule has 0 aliphatic heterocycles. The highest BCUT2D eigenvalue weighted by Crippen LogP contribution is 2.23. The second kappa shape index (κ2) is 7.17. The van der Waals surface area contributed by atoms with Crippen molar-refractivity contribution in [3.05, 3.63) is 70.7 Å². The number of ether oxygens (including phenoxy) is 2. The average Bonchev–Trinajstić information content (AvgIpc) is 2.59. The molecule has 0 unspecified atom stereocenters. The first-order valence-electron chi connectivity index (χ1n) is 7.20. The van der Waals surface area contributed by atoms with Crippen molar-refractivity contribution in [1.82, 2.24) is 0 Å². The topological polar surface area (TPSA) is 42.2 Å². The first-order chi connectivity index (χ1) is 11.3. The van der Waals surface area contributed by atoms with Crippen LogP contribution in [0.4, 0.5) is 0 Å². The molecule has 0 atom stereocenters. The largest absolute Gasteiger partial charge is 0.490 e. The summed E-state index contributed by atoms with van der Waals surface area (Å²) in [5.74, 6) is 1.38. The van der Waals surface area contributed by atoms with E-state index in [4.69, 9.17) is 14.7 Å². The Morgan fingerprint density at radius 1 is 0.870 bits per heavy atom. The minimum Gasteiger partial charge on any atom is -0.490 e. The Labute approximate surface area is 143 Å². The van der Waals surface area contributed by atoms with Gasteiger partial charge < -0.3 is 9.47 Å². The molecule has 0 N–H and O–H groups in total. The fraction of sp³-hybridized carbons (Fsp3) is 0.105. The van der Waals surface area contributed by atoms with E-state index in [1.54, 1.807) is 12.1 Å². The van der Waals surface area contributed by atoms with Gasteiger partial charge in [0.1, 0.15) is 30.8 Å². The van der Waals surface area contributed by atoms with Crippen LogP contribution in [0.15, 0.2) is 65.1 Å². The van der Waals surface area contributed by atoms with Gasteiger partial charge in [-0.1, -0.05) is 46.3 Å². The summed E-state index contributed by atoms with van der Waals surface area (Å²) in [7, 11) is 0. The molecular weight excluding hydrogens is 354 g/mol. The summed E-state index contributed by atoms with van der Waals surface area (Å²) in [6.45, 7) is 0.794. The number of benzene rings is 3. The predicted molar refractivity (Wildman–Crippen MR) is 93.8 cm³/mol. The normalized spacial score (nSPS) is 10.3. The van der Waals surface area contributed by atoms with Crippen molar-refractivity contribution < 1.29 is 9.47 Å². The van der Waals surface area contributed by atoms with Crippen molar-refractivity contribution in [3.8, 4) is 17.6 Å². The molecule has 0 aliphatic rings. The molecule has 3 aromatic rings. The molecule has 0 heterocycles. The monoisotopic (exact) mass is 367 g/mol. The molecule has 0 fully saturated rings. The molecule has 23 heavy (non-hydrogen) atoms. The van der Waals surface area contributed by atoms with E-state index in [0.29, 0.717) is 24.5 Å². The van der Waals surface area contributed by atoms with Gasteiger partial charge in [-0.3, -0.25) is 0 Å². The number of hydrogen-bond acceptors (Lipinski definition) is 3. The van der Waals surface area contributed by atoms with Crippen molar-refractivity contribution in [1.29, 1.82) is 5.26 Å². The molecule has 3 aromatic carbocycles. The van der Waals surface area contributed by atoms with E-state index in [1.807, 2.05) is 36.4 Å². The molecule has 0 radical (unpaired) electrons. The van der Waals surface area contributed by atoms with Gasteiger partial charge in [-0.05, 0) is 41.1 Å². The van der Waals surface area contributed by atoms with E-state index in [9.17, 15) is 0 Å². The van der Waals surface area contributed by atoms with Crippen LogP contribution in [0.3, 0.4) is 0 Å². The predicted octanol–water partition coefficient (Wildman–Crippen LogP) is 4.93. The summed E-state index contributed by atoms with van der Waals surface area (Å²) in [5.41, 5.74) is 0.505. The SMILES string of the molecule is N#Cc1cc(Br)ccc1OCCOc1ccc2ccccc2c1. The molecule has 0 aromatic heterocycles. The lowest BCUT2D eigenvalue weighted by molar-refractivity contribution is 0.217. The zero-order valence-corrected chi connectivity index (χ0v) is 13.9. The molecule has 0 bridgehead atoms. The van der Waals surface area contributed by atoms with E-state index < -0.39 is 0 Å². The van der Waals surface area contributed by atoms with Crippen molar-refractivity contribution in [2.24, 2.45) is 0 Å². The van der Waals surface area contributed by atoms with Crippen LogP contribution in [0.5, 0.6) is 11.5 Å². The maximum Gasteiger partial charge on any atom is 0.137 e. The van der Waals surface area contributed by atoms with Gasteiger partial charge in [-0.25, -0.2) is 0 Å². The maximum absolute atomic E-state index is 9.10. The number of halogens is 1. The van der Waals surface area contributed by atoms with E-state index in [-0.39, 0.29) is 0 Å². The van der Waals surface area contributed by atoms with Crippen LogP contribution < -0.4 is 9.47 Å². The van der Waals surface area contributed by atoms with Crippen molar-refractivity contribution in [2.75, 3.05) is 13.2 Å². The Kier molecular flexibility index (Phi) is 4.80. The van der Waals surface area contributed by atoms with Crippen molar-refractivity contribution >= 4 is 26.7 Å². The zero-order valence-electron chi connectivity index (χ0n) is 12.3. The van der Waals surface area contributed by atoms with Gasteiger partial charge in [0.05, 0.1) is 5.56 Å². The van der Waals surface area contributed by atoms with E-state index in [1.165, 1.54) is 5.39 Å². The van der Waals surface area contributed by atoms with Gasteiger partial charge >= 0.3 is 0 Å². The van der Waals surface area contributed by atoms with Gasteiger partial charge in [-0.15, -0.1) is 0 Å². The maximum atomic E-state index is 9.10. The minimum atomic E-state index is 0.378. The fourth-order valence-corrected chi connectivity index (χ4v) is 2.64. The highest BCUT2D eigenvalue weighted by Gasteiger charge is 2.04. The summed E-state index contributed by atoms with van der Waals surface area (Å²) < 4.78 is 12.2. The number of nitrogens with zero attached hydrogens (tertiary/aromatic N) is 1. The second-order valence-electron chi connectivity index (χ2n) is 4.96. The number of hydrogen-bond donors (Lipinski definition) is 0. The number of rotatable bonds is 5. The van der Waals surface area contributed by atoms with Gasteiger partial charge in [-0.2, -0.15) is 5.26 Å². The van der Waals surface area contributed by atoms with Crippen molar-refractivity contribution in [2.45, 2.75) is 0 Å². The first-order valence-corrected chi connectivity index (χ1v) is 7.99. The lowest BCUT2D eigenvalue weighted by Crippen LogP contribution is -2.09. The van der Waals surface area contributed by atoms with Gasteiger partial charge in [0, 0.05) is 4.47 Å². The third kappa shape index (κ3) is 3.82. The molecule has 0 saturated heterocycles. The lowest BCUT2D eigenvalue weighted by atomic mass is 10.1. The molecule has 0 aliphatic carbocycles. The third-order valence-electron chi connectivity index (χ3n) is 3.39. The first kappa shape index (κ1) is 15.4. The molecule has 0 saturated carbocycles. The minimum absolute atomic E-state index is 0.378.